The summed E-state index contributed by atoms with van der Waals surface area (Å²) in [4.78, 5) is 82.6. The summed E-state index contributed by atoms with van der Waals surface area (Å²) >= 11 is 13.1. The Morgan fingerprint density at radius 2 is 1.08 bits per heavy atom. The molecule has 2 saturated carbocycles. The van der Waals surface area contributed by atoms with Gasteiger partial charge in [0.25, 0.3) is 17.8 Å². The quantitative estimate of drug-likeness (QED) is 0.106. The topological polar surface area (TPSA) is 181 Å². The molecular weight excluding hydrogens is 1280 g/mol. The number of hydrogen-bond acceptors (Lipinski definition) is 9. The van der Waals surface area contributed by atoms with Crippen LogP contribution in [0.25, 0.3) is 44.8 Å². The van der Waals surface area contributed by atoms with Gasteiger partial charge >= 0.3 is 12.2 Å². The van der Waals surface area contributed by atoms with Crippen molar-refractivity contribution in [2.24, 2.45) is 22.7 Å². The fraction of sp³-hybridized carbons (Fsp3) is 0.369. The molecule has 22 heteroatoms. The van der Waals surface area contributed by atoms with Crippen molar-refractivity contribution in [3.63, 3.8) is 0 Å². The molecular formula is C65H61Br2ClF4N8O7. The van der Waals surface area contributed by atoms with Crippen LogP contribution in [0.4, 0.5) is 27.2 Å². The number of hydrogen-bond donors (Lipinski definition) is 3. The lowest BCUT2D eigenvalue weighted by Crippen LogP contribution is -2.51. The molecule has 13 rings (SSSR count). The van der Waals surface area contributed by atoms with Gasteiger partial charge in [-0.2, -0.15) is 17.6 Å². The summed E-state index contributed by atoms with van der Waals surface area (Å²) in [5.41, 5.74) is 3.60. The number of amides is 4. The summed E-state index contributed by atoms with van der Waals surface area (Å²) in [6.45, 7) is 8.44. The largest absolute Gasteiger partial charge is 0.453 e. The molecule has 87 heavy (non-hydrogen) atoms. The van der Waals surface area contributed by atoms with E-state index in [0.29, 0.717) is 84.9 Å². The summed E-state index contributed by atoms with van der Waals surface area (Å²) in [5, 5.41) is 5.57. The molecule has 0 bridgehead atoms. The van der Waals surface area contributed by atoms with E-state index in [9.17, 15) is 24.0 Å². The Balaban J connectivity index is 0.000000173. The van der Waals surface area contributed by atoms with Crippen LogP contribution in [-0.4, -0.2) is 98.6 Å². The molecule has 4 fully saturated rings. The van der Waals surface area contributed by atoms with Gasteiger partial charge in [0.1, 0.15) is 23.7 Å². The first-order valence-electron chi connectivity index (χ1n) is 28.8. The van der Waals surface area contributed by atoms with E-state index in [1.165, 1.54) is 49.2 Å². The average Bonchev–Trinajstić information content (AvgIpc) is 1.65. The molecule has 3 N–H and O–H groups in total. The van der Waals surface area contributed by atoms with Crippen LogP contribution in [0.1, 0.15) is 123 Å². The molecule has 4 heterocycles. The number of aromatic amines is 1. The number of H-pyrrole nitrogens is 1. The molecule has 15 nitrogen and oxygen atoms in total. The number of fused-ring (bicyclic) bond motifs is 6. The number of nitrogens with one attached hydrogen (secondary N) is 3. The molecule has 5 aromatic carbocycles. The molecule has 2 aromatic heterocycles. The smallest absolute Gasteiger partial charge is 0.407 e. The summed E-state index contributed by atoms with van der Waals surface area (Å²) in [7, 11) is 2.51. The van der Waals surface area contributed by atoms with Crippen LogP contribution in [0.2, 0.25) is 5.02 Å². The maximum absolute atomic E-state index is 15.9. The van der Waals surface area contributed by atoms with Crippen LogP contribution < -0.4 is 10.6 Å². The maximum atomic E-state index is 15.9. The Kier molecular flexibility index (Phi) is 15.4. The fourth-order valence-electron chi connectivity index (χ4n) is 13.0. The second-order valence-corrected chi connectivity index (χ2v) is 26.7. The van der Waals surface area contributed by atoms with E-state index < -0.39 is 48.1 Å². The maximum Gasteiger partial charge on any atom is 0.407 e. The van der Waals surface area contributed by atoms with E-state index in [0.717, 1.165) is 32.1 Å². The third-order valence-corrected chi connectivity index (χ3v) is 19.4. The number of carbonyl (C=O) groups excluding carboxylic acids is 5. The van der Waals surface area contributed by atoms with Crippen molar-refractivity contribution in [3.05, 3.63) is 163 Å². The minimum Gasteiger partial charge on any atom is -0.453 e. The van der Waals surface area contributed by atoms with Crippen molar-refractivity contribution in [3.8, 4) is 44.8 Å². The summed E-state index contributed by atoms with van der Waals surface area (Å²) in [5.74, 6) is -6.86. The van der Waals surface area contributed by atoms with Gasteiger partial charge in [-0.1, -0.05) is 120 Å². The minimum atomic E-state index is -3.27. The van der Waals surface area contributed by atoms with Gasteiger partial charge in [0.2, 0.25) is 11.8 Å². The normalized spacial score (nSPS) is 19.6. The molecule has 4 atom stereocenters. The van der Waals surface area contributed by atoms with Crippen LogP contribution >= 0.6 is 43.5 Å². The van der Waals surface area contributed by atoms with Crippen LogP contribution in [-0.2, 0) is 30.9 Å². The second kappa shape index (κ2) is 22.3. The van der Waals surface area contributed by atoms with Crippen LogP contribution in [0.15, 0.2) is 118 Å². The number of imidazole rings is 2. The van der Waals surface area contributed by atoms with Crippen molar-refractivity contribution >= 4 is 73.4 Å². The molecule has 7 aromatic rings. The number of alkyl halides is 4. The SMILES string of the molecule is COC(=O)N[C@H](C(=O)N1CC2(CC2)CC1c1ncc(-c2ccc3c(c2)C(F)(F)c2cc(Br)ccc2-3)[nH]1)C(C)C.COC(=O)N[C@H](C(=O)N1CC2(CC2)CC1c1ncc(-c2ccc3c(c2)C(F)(F)c2cc(Br)ccc2-3)n1C(=O)c1ccccc1Cl)C(C)C. The summed E-state index contributed by atoms with van der Waals surface area (Å²) in [6.07, 6.45) is 6.97. The van der Waals surface area contributed by atoms with Gasteiger partial charge in [0, 0.05) is 55.4 Å². The second-order valence-electron chi connectivity index (χ2n) is 24.4. The Hall–Kier alpha value is -7.36. The Morgan fingerprint density at radius 3 is 1.57 bits per heavy atom. The molecule has 452 valence electrons. The molecule has 2 aliphatic heterocycles. The zero-order valence-electron chi connectivity index (χ0n) is 48.3. The molecule has 2 spiro atoms. The van der Waals surface area contributed by atoms with E-state index in [4.69, 9.17) is 26.1 Å². The van der Waals surface area contributed by atoms with Gasteiger partial charge < -0.3 is 34.9 Å². The van der Waals surface area contributed by atoms with Crippen LogP contribution in [0, 0.1) is 22.7 Å². The van der Waals surface area contributed by atoms with Gasteiger partial charge in [0.05, 0.1) is 60.7 Å². The van der Waals surface area contributed by atoms with Crippen molar-refractivity contribution < 1.29 is 51.0 Å². The highest BCUT2D eigenvalue weighted by molar-refractivity contribution is 9.10. The summed E-state index contributed by atoms with van der Waals surface area (Å²) in [6, 6.07) is 23.7. The lowest BCUT2D eigenvalue weighted by Gasteiger charge is -2.30. The minimum absolute atomic E-state index is 0.00978. The molecule has 4 aliphatic carbocycles. The molecule has 2 unspecified atom stereocenters. The number of methoxy groups -OCH3 is 2. The molecule has 2 saturated heterocycles. The number of halogens is 7. The number of carbonyl (C=O) groups is 5. The number of ether oxygens (including phenoxy) is 2. The van der Waals surface area contributed by atoms with Crippen molar-refractivity contribution in [1.29, 1.82) is 0 Å². The Bertz CT molecular complexity index is 3970. The lowest BCUT2D eigenvalue weighted by atomic mass is 10.0. The summed E-state index contributed by atoms with van der Waals surface area (Å²) < 4.78 is 74.8. The van der Waals surface area contributed by atoms with Crippen molar-refractivity contribution in [1.82, 2.24) is 40.0 Å². The van der Waals surface area contributed by atoms with Gasteiger partial charge in [-0.3, -0.25) is 19.0 Å². The van der Waals surface area contributed by atoms with Gasteiger partial charge in [-0.05, 0) is 132 Å². The Morgan fingerprint density at radius 1 is 0.621 bits per heavy atom. The predicted molar refractivity (Wildman–Crippen MR) is 325 cm³/mol. The first-order valence-corrected chi connectivity index (χ1v) is 30.7. The highest BCUT2D eigenvalue weighted by atomic mass is 79.9. The highest BCUT2D eigenvalue weighted by Crippen LogP contribution is 2.61. The monoisotopic (exact) mass is 1330 g/mol. The third-order valence-electron chi connectivity index (χ3n) is 18.1. The van der Waals surface area contributed by atoms with Gasteiger partial charge in [0.15, 0.2) is 0 Å². The highest BCUT2D eigenvalue weighted by Gasteiger charge is 2.57. The van der Waals surface area contributed by atoms with Crippen molar-refractivity contribution in [2.75, 3.05) is 27.3 Å². The number of likely N-dealkylation sites (tertiary alicyclic amines) is 2. The number of rotatable bonds is 11. The zero-order valence-corrected chi connectivity index (χ0v) is 52.2. The van der Waals surface area contributed by atoms with Crippen molar-refractivity contribution in [2.45, 2.75) is 102 Å². The van der Waals surface area contributed by atoms with E-state index >= 15 is 17.6 Å². The molecule has 0 radical (unpaired) electrons. The number of aromatic nitrogens is 4. The van der Waals surface area contributed by atoms with Gasteiger partial charge in [-0.25, -0.2) is 19.6 Å². The van der Waals surface area contributed by atoms with Crippen LogP contribution in [0.5, 0.6) is 0 Å². The van der Waals surface area contributed by atoms with E-state index in [2.05, 4.69) is 52.5 Å². The number of benzene rings is 5. The van der Waals surface area contributed by atoms with E-state index in [1.54, 1.807) is 77.8 Å². The average molecular weight is 1340 g/mol. The first kappa shape index (κ1) is 59.9. The number of alkyl carbamates (subject to hydrolysis) is 2. The molecule has 6 aliphatic rings. The molecule has 4 amide bonds. The van der Waals surface area contributed by atoms with E-state index in [-0.39, 0.29) is 73.4 Å². The third kappa shape index (κ3) is 10.7. The van der Waals surface area contributed by atoms with E-state index in [1.807, 2.05) is 38.7 Å². The van der Waals surface area contributed by atoms with Crippen LogP contribution in [0.3, 0.4) is 0 Å². The predicted octanol–water partition coefficient (Wildman–Crippen LogP) is 14.6. The lowest BCUT2D eigenvalue weighted by molar-refractivity contribution is -0.136. The van der Waals surface area contributed by atoms with Gasteiger partial charge in [-0.15, -0.1) is 0 Å². The number of nitrogens with zero attached hydrogens (tertiary/aromatic N) is 5. The first-order chi connectivity index (χ1) is 41.4. The Labute approximate surface area is 521 Å². The standard InChI is InChI=1S/C36H32BrClF2N4O4.C29H29BrF2N4O3/c1-19(2)30(42-34(47)48-3)33(46)43-18-35(12-13-35)16-28(43)31-41-17-29(44(31)32(45)24-6-4-5-7-27(24)38)20-8-10-22-23-11-9-21(37)15-26(23)36(39,40)25(22)14-20;1-15(2)24(35-27(38)39-3)26(37)36-14-28(8-9-28)12-23(36)25-33-13-22(34-25)16-4-6-18-19-7-5-17(30)11-21(19)29(31,32)20(18)10-16/h4-11,14-15,17,19,28,30H,12-13,16,18H2,1-3H3,(H,42,47);4-7,10-11,13,15,23-24H,8-9,12,14H2,1-3H3,(H,33,34)(H,35,38)/t28?,30-;23?,24-/m00/s1. The fourth-order valence-corrected chi connectivity index (χ4v) is 14.0. The zero-order chi connectivity index (χ0) is 61.8.